The standard InChI is InChI=1S/C13H17NO/c15-8-11-4-1-2-5-12(11)14-9-13(10-14)6-3-7-13/h1-2,4-5,15H,3,6-10H2. The van der Waals surface area contributed by atoms with E-state index in [-0.39, 0.29) is 6.61 Å². The summed E-state index contributed by atoms with van der Waals surface area (Å²) in [7, 11) is 0. The van der Waals surface area contributed by atoms with Gasteiger partial charge >= 0.3 is 0 Å². The van der Waals surface area contributed by atoms with Crippen LogP contribution >= 0.6 is 0 Å². The van der Waals surface area contributed by atoms with E-state index in [1.54, 1.807) is 0 Å². The van der Waals surface area contributed by atoms with Gasteiger partial charge in [0.05, 0.1) is 6.61 Å². The van der Waals surface area contributed by atoms with Crippen LogP contribution in [0.25, 0.3) is 0 Å². The summed E-state index contributed by atoms with van der Waals surface area (Å²) in [6.07, 6.45) is 4.23. The zero-order valence-corrected chi connectivity index (χ0v) is 8.95. The van der Waals surface area contributed by atoms with Crippen LogP contribution in [0.15, 0.2) is 24.3 Å². The third-order valence-electron chi connectivity index (χ3n) is 3.97. The van der Waals surface area contributed by atoms with Crippen molar-refractivity contribution in [3.05, 3.63) is 29.8 Å². The average Bonchev–Trinajstić information content (AvgIpc) is 2.14. The quantitative estimate of drug-likeness (QED) is 0.796. The van der Waals surface area contributed by atoms with E-state index in [1.165, 1.54) is 38.0 Å². The Labute approximate surface area is 90.5 Å². The molecular formula is C13H17NO. The van der Waals surface area contributed by atoms with Crippen LogP contribution < -0.4 is 4.90 Å². The highest BCUT2D eigenvalue weighted by Gasteiger charge is 2.47. The number of para-hydroxylation sites is 1. The molecule has 15 heavy (non-hydrogen) atoms. The number of benzene rings is 1. The van der Waals surface area contributed by atoms with Crippen molar-refractivity contribution in [2.24, 2.45) is 5.41 Å². The predicted molar refractivity (Wildman–Crippen MR) is 60.9 cm³/mol. The topological polar surface area (TPSA) is 23.5 Å². The van der Waals surface area contributed by atoms with Gasteiger partial charge in [-0.15, -0.1) is 0 Å². The minimum Gasteiger partial charge on any atom is -0.392 e. The monoisotopic (exact) mass is 203 g/mol. The summed E-state index contributed by atoms with van der Waals surface area (Å²) >= 11 is 0. The minimum absolute atomic E-state index is 0.152. The summed E-state index contributed by atoms with van der Waals surface area (Å²) in [5, 5.41) is 9.26. The number of rotatable bonds is 2. The van der Waals surface area contributed by atoms with Crippen molar-refractivity contribution in [2.75, 3.05) is 18.0 Å². The first-order valence-corrected chi connectivity index (χ1v) is 5.77. The number of nitrogens with zero attached hydrogens (tertiary/aromatic N) is 1. The molecule has 1 heterocycles. The van der Waals surface area contributed by atoms with Crippen LogP contribution in [-0.2, 0) is 6.61 Å². The van der Waals surface area contributed by atoms with Crippen LogP contribution in [0.4, 0.5) is 5.69 Å². The molecule has 1 saturated heterocycles. The molecule has 1 aliphatic carbocycles. The molecule has 0 unspecified atom stereocenters. The Hall–Kier alpha value is -1.02. The minimum atomic E-state index is 0.152. The summed E-state index contributed by atoms with van der Waals surface area (Å²) in [5.41, 5.74) is 2.95. The SMILES string of the molecule is OCc1ccccc1N1CC2(CCC2)C1. The number of aliphatic hydroxyl groups is 1. The predicted octanol–water partition coefficient (Wildman–Crippen LogP) is 2.17. The Morgan fingerprint density at radius 2 is 1.93 bits per heavy atom. The zero-order chi connectivity index (χ0) is 10.3. The number of hydrogen-bond acceptors (Lipinski definition) is 2. The van der Waals surface area contributed by atoms with Crippen LogP contribution in [0, 0.1) is 5.41 Å². The largest absolute Gasteiger partial charge is 0.392 e. The van der Waals surface area contributed by atoms with Gasteiger partial charge in [-0.2, -0.15) is 0 Å². The van der Waals surface area contributed by atoms with Crippen LogP contribution in [0.5, 0.6) is 0 Å². The highest BCUT2D eigenvalue weighted by Crippen LogP contribution is 2.49. The van der Waals surface area contributed by atoms with Gasteiger partial charge in [-0.25, -0.2) is 0 Å². The average molecular weight is 203 g/mol. The highest BCUT2D eigenvalue weighted by molar-refractivity contribution is 5.56. The van der Waals surface area contributed by atoms with Gasteiger partial charge in [0.25, 0.3) is 0 Å². The van der Waals surface area contributed by atoms with Crippen LogP contribution in [0.3, 0.4) is 0 Å². The van der Waals surface area contributed by atoms with E-state index in [2.05, 4.69) is 17.0 Å². The van der Waals surface area contributed by atoms with E-state index in [1.807, 2.05) is 12.1 Å². The maximum Gasteiger partial charge on any atom is 0.0702 e. The lowest BCUT2D eigenvalue weighted by Gasteiger charge is -2.57. The molecule has 2 fully saturated rings. The van der Waals surface area contributed by atoms with Crippen LogP contribution in [0.1, 0.15) is 24.8 Å². The van der Waals surface area contributed by atoms with E-state index in [0.29, 0.717) is 5.41 Å². The lowest BCUT2D eigenvalue weighted by atomic mass is 9.63. The van der Waals surface area contributed by atoms with Gasteiger partial charge in [-0.1, -0.05) is 24.6 Å². The Morgan fingerprint density at radius 1 is 1.20 bits per heavy atom. The lowest BCUT2D eigenvalue weighted by molar-refractivity contribution is 0.0900. The van der Waals surface area contributed by atoms with Crippen molar-refractivity contribution < 1.29 is 5.11 Å². The summed E-state index contributed by atoms with van der Waals surface area (Å²) in [5.74, 6) is 0. The summed E-state index contributed by atoms with van der Waals surface area (Å²) in [6.45, 7) is 2.55. The smallest absolute Gasteiger partial charge is 0.0702 e. The van der Waals surface area contributed by atoms with Gasteiger partial charge in [-0.05, 0) is 18.9 Å². The second-order valence-corrected chi connectivity index (χ2v) is 5.00. The second kappa shape index (κ2) is 3.24. The third-order valence-corrected chi connectivity index (χ3v) is 3.97. The van der Waals surface area contributed by atoms with Crippen molar-refractivity contribution in [3.63, 3.8) is 0 Å². The van der Waals surface area contributed by atoms with Gasteiger partial charge in [-0.3, -0.25) is 0 Å². The maximum atomic E-state index is 9.26. The van der Waals surface area contributed by atoms with Gasteiger partial charge in [0.15, 0.2) is 0 Å². The molecule has 0 aromatic heterocycles. The summed E-state index contributed by atoms with van der Waals surface area (Å²) in [6, 6.07) is 8.19. The molecule has 1 spiro atoms. The molecular weight excluding hydrogens is 186 g/mol. The van der Waals surface area contributed by atoms with E-state index >= 15 is 0 Å². The molecule has 1 saturated carbocycles. The fraction of sp³-hybridized carbons (Fsp3) is 0.538. The normalized spacial score (nSPS) is 22.3. The maximum absolute atomic E-state index is 9.26. The van der Waals surface area contributed by atoms with E-state index in [4.69, 9.17) is 0 Å². The molecule has 0 bridgehead atoms. The molecule has 1 aromatic rings. The Morgan fingerprint density at radius 3 is 2.53 bits per heavy atom. The first-order chi connectivity index (χ1) is 7.33. The molecule has 0 atom stereocenters. The molecule has 3 rings (SSSR count). The van der Waals surface area contributed by atoms with Crippen molar-refractivity contribution >= 4 is 5.69 Å². The zero-order valence-electron chi connectivity index (χ0n) is 8.95. The van der Waals surface area contributed by atoms with Gasteiger partial charge < -0.3 is 10.0 Å². The first kappa shape index (κ1) is 9.22. The summed E-state index contributed by atoms with van der Waals surface area (Å²) in [4.78, 5) is 2.41. The molecule has 1 aliphatic heterocycles. The highest BCUT2D eigenvalue weighted by atomic mass is 16.3. The van der Waals surface area contributed by atoms with E-state index < -0.39 is 0 Å². The molecule has 2 aliphatic rings. The van der Waals surface area contributed by atoms with Crippen molar-refractivity contribution in [3.8, 4) is 0 Å². The van der Waals surface area contributed by atoms with Gasteiger partial charge in [0.1, 0.15) is 0 Å². The molecule has 0 amide bonds. The van der Waals surface area contributed by atoms with E-state index in [9.17, 15) is 5.11 Å². The molecule has 80 valence electrons. The second-order valence-electron chi connectivity index (χ2n) is 5.00. The molecule has 2 heteroatoms. The summed E-state index contributed by atoms with van der Waals surface area (Å²) < 4.78 is 0. The fourth-order valence-electron chi connectivity index (χ4n) is 2.88. The van der Waals surface area contributed by atoms with Crippen molar-refractivity contribution in [2.45, 2.75) is 25.9 Å². The third kappa shape index (κ3) is 1.36. The van der Waals surface area contributed by atoms with Crippen LogP contribution in [0.2, 0.25) is 0 Å². The number of aliphatic hydroxyl groups excluding tert-OH is 1. The van der Waals surface area contributed by atoms with E-state index in [0.717, 1.165) is 5.56 Å². The number of hydrogen-bond donors (Lipinski definition) is 1. The van der Waals surface area contributed by atoms with Gasteiger partial charge in [0, 0.05) is 29.8 Å². The molecule has 1 aromatic carbocycles. The Balaban J connectivity index is 1.77. The Bertz CT molecular complexity index is 363. The van der Waals surface area contributed by atoms with Crippen molar-refractivity contribution in [1.82, 2.24) is 0 Å². The molecule has 0 radical (unpaired) electrons. The fourth-order valence-corrected chi connectivity index (χ4v) is 2.88. The van der Waals surface area contributed by atoms with Crippen LogP contribution in [-0.4, -0.2) is 18.2 Å². The molecule has 2 nitrogen and oxygen atoms in total. The number of anilines is 1. The Kier molecular flexibility index (Phi) is 1.99. The lowest BCUT2D eigenvalue weighted by Crippen LogP contribution is -2.60. The first-order valence-electron chi connectivity index (χ1n) is 5.77. The molecule has 1 N–H and O–H groups in total. The van der Waals surface area contributed by atoms with Gasteiger partial charge in [0.2, 0.25) is 0 Å². The van der Waals surface area contributed by atoms with Crippen molar-refractivity contribution in [1.29, 1.82) is 0 Å².